The van der Waals surface area contributed by atoms with Gasteiger partial charge in [0.05, 0.1) is 29.7 Å². The van der Waals surface area contributed by atoms with Crippen molar-refractivity contribution < 1.29 is 4.79 Å². The molecule has 8 heteroatoms. The second-order valence-corrected chi connectivity index (χ2v) is 8.89. The third kappa shape index (κ3) is 4.93. The molecule has 0 saturated carbocycles. The number of amides is 1. The molecule has 0 unspecified atom stereocenters. The third-order valence-corrected chi connectivity index (χ3v) is 6.47. The zero-order valence-electron chi connectivity index (χ0n) is 19.3. The van der Waals surface area contributed by atoms with E-state index < -0.39 is 0 Å². The highest BCUT2D eigenvalue weighted by Gasteiger charge is 2.41. The summed E-state index contributed by atoms with van der Waals surface area (Å²) in [5, 5.41) is 7.04. The number of thiocarbonyl (C=S) groups is 1. The highest BCUT2D eigenvalue weighted by molar-refractivity contribution is 7.80. The molecule has 4 heterocycles. The Balaban J connectivity index is 1.42. The van der Waals surface area contributed by atoms with Crippen LogP contribution in [0.15, 0.2) is 91.5 Å². The van der Waals surface area contributed by atoms with Crippen molar-refractivity contribution in [1.82, 2.24) is 24.8 Å². The molecule has 1 aliphatic heterocycles. The molecular weight excluding hydrogens is 456 g/mol. The molecule has 1 aliphatic rings. The fourth-order valence-corrected chi connectivity index (χ4v) is 4.75. The second kappa shape index (κ2) is 10.1. The van der Waals surface area contributed by atoms with Crippen LogP contribution in [0.5, 0.6) is 0 Å². The van der Waals surface area contributed by atoms with E-state index in [4.69, 9.17) is 12.2 Å². The minimum absolute atomic E-state index is 0.0562. The summed E-state index contributed by atoms with van der Waals surface area (Å²) in [7, 11) is 0. The smallest absolute Gasteiger partial charge is 0.226 e. The number of aryl methyl sites for hydroxylation is 1. The number of hydrogen-bond acceptors (Lipinski definition) is 4. The predicted octanol–water partition coefficient (Wildman–Crippen LogP) is 4.58. The Morgan fingerprint density at radius 3 is 2.66 bits per heavy atom. The van der Waals surface area contributed by atoms with Gasteiger partial charge in [-0.3, -0.25) is 14.8 Å². The van der Waals surface area contributed by atoms with E-state index in [1.54, 1.807) is 12.4 Å². The first-order valence-corrected chi connectivity index (χ1v) is 11.9. The molecule has 3 aromatic heterocycles. The molecular formula is C27H26N6OS. The van der Waals surface area contributed by atoms with Gasteiger partial charge < -0.3 is 20.1 Å². The van der Waals surface area contributed by atoms with Crippen LogP contribution in [-0.2, 0) is 4.79 Å². The number of aromatic nitrogens is 3. The van der Waals surface area contributed by atoms with Crippen LogP contribution >= 0.6 is 12.2 Å². The molecule has 176 valence electrons. The lowest BCUT2D eigenvalue weighted by Crippen LogP contribution is -2.33. The van der Waals surface area contributed by atoms with E-state index in [2.05, 4.69) is 36.1 Å². The summed E-state index contributed by atoms with van der Waals surface area (Å²) in [6.07, 6.45) is 7.70. The zero-order valence-corrected chi connectivity index (χ0v) is 20.2. The number of nitrogens with one attached hydrogen (secondary N) is 2. The van der Waals surface area contributed by atoms with Gasteiger partial charge in [-0.2, -0.15) is 0 Å². The van der Waals surface area contributed by atoms with Gasteiger partial charge in [-0.1, -0.05) is 23.8 Å². The number of nitrogens with zero attached hydrogens (tertiary/aromatic N) is 4. The van der Waals surface area contributed by atoms with Gasteiger partial charge in [0.1, 0.15) is 0 Å². The SMILES string of the molecule is Cc1ccc(NC(=O)CCN2C(=S)N[C@@H](c3ccccn3)[C@@H]2c2cccn2-c2cccnc2)cc1. The van der Waals surface area contributed by atoms with Crippen LogP contribution in [0.1, 0.15) is 35.5 Å². The maximum absolute atomic E-state index is 12.8. The van der Waals surface area contributed by atoms with Gasteiger partial charge in [-0.15, -0.1) is 0 Å². The molecule has 1 aromatic carbocycles. The van der Waals surface area contributed by atoms with E-state index in [9.17, 15) is 4.79 Å². The molecule has 1 amide bonds. The van der Waals surface area contributed by atoms with Crippen LogP contribution in [0.3, 0.4) is 0 Å². The molecule has 2 atom stereocenters. The van der Waals surface area contributed by atoms with E-state index in [0.29, 0.717) is 18.1 Å². The van der Waals surface area contributed by atoms with Gasteiger partial charge in [0.15, 0.2) is 5.11 Å². The van der Waals surface area contributed by atoms with E-state index >= 15 is 0 Å². The van der Waals surface area contributed by atoms with Crippen LogP contribution in [0.25, 0.3) is 5.69 Å². The lowest BCUT2D eigenvalue weighted by molar-refractivity contribution is -0.116. The van der Waals surface area contributed by atoms with Crippen LogP contribution in [0.4, 0.5) is 5.69 Å². The van der Waals surface area contributed by atoms with E-state index in [1.807, 2.05) is 80.0 Å². The summed E-state index contributed by atoms with van der Waals surface area (Å²) >= 11 is 5.76. The molecule has 0 spiro atoms. The molecule has 35 heavy (non-hydrogen) atoms. The lowest BCUT2D eigenvalue weighted by atomic mass is 10.0. The van der Waals surface area contributed by atoms with E-state index in [1.165, 1.54) is 0 Å². The standard InChI is InChI=1S/C27H26N6OS/c1-19-9-11-20(12-10-19)30-24(34)13-17-33-26(25(31-27(33)35)22-7-2-3-15-29-22)23-8-5-16-32(23)21-6-4-14-28-18-21/h2-12,14-16,18,25-26H,13,17H2,1H3,(H,30,34)(H,31,35)/t25-,26-/m0/s1. The fourth-order valence-electron chi connectivity index (χ4n) is 4.42. The summed E-state index contributed by atoms with van der Waals surface area (Å²) in [5.41, 5.74) is 4.83. The Hall–Kier alpha value is -4.04. The van der Waals surface area contributed by atoms with Crippen LogP contribution in [0.2, 0.25) is 0 Å². The summed E-state index contributed by atoms with van der Waals surface area (Å²) in [5.74, 6) is -0.0562. The Labute approximate surface area is 209 Å². The number of anilines is 1. The summed E-state index contributed by atoms with van der Waals surface area (Å²) in [6.45, 7) is 2.49. The highest BCUT2D eigenvalue weighted by Crippen LogP contribution is 2.39. The van der Waals surface area contributed by atoms with Crippen molar-refractivity contribution in [2.75, 3.05) is 11.9 Å². The molecule has 2 N–H and O–H groups in total. The molecule has 7 nitrogen and oxygen atoms in total. The minimum atomic E-state index is -0.158. The minimum Gasteiger partial charge on any atom is -0.352 e. The van der Waals surface area contributed by atoms with Crippen molar-refractivity contribution in [3.63, 3.8) is 0 Å². The Bertz CT molecular complexity index is 1310. The molecule has 0 bridgehead atoms. The van der Waals surface area contributed by atoms with Crippen molar-refractivity contribution >= 4 is 28.9 Å². The summed E-state index contributed by atoms with van der Waals surface area (Å²) in [6, 6.07) is 21.4. The number of pyridine rings is 2. The molecule has 5 rings (SSSR count). The first-order valence-electron chi connectivity index (χ1n) is 11.5. The average molecular weight is 483 g/mol. The Kier molecular flexibility index (Phi) is 6.54. The van der Waals surface area contributed by atoms with Crippen molar-refractivity contribution in [3.05, 3.63) is 108 Å². The van der Waals surface area contributed by atoms with Gasteiger partial charge in [0.25, 0.3) is 0 Å². The second-order valence-electron chi connectivity index (χ2n) is 8.50. The van der Waals surface area contributed by atoms with Crippen molar-refractivity contribution in [2.45, 2.75) is 25.4 Å². The Morgan fingerprint density at radius 1 is 1.06 bits per heavy atom. The van der Waals surface area contributed by atoms with E-state index in [-0.39, 0.29) is 18.0 Å². The highest BCUT2D eigenvalue weighted by atomic mass is 32.1. The third-order valence-electron chi connectivity index (χ3n) is 6.12. The summed E-state index contributed by atoms with van der Waals surface area (Å²) < 4.78 is 2.11. The molecule has 4 aromatic rings. The zero-order chi connectivity index (χ0) is 24.2. The predicted molar refractivity (Wildman–Crippen MR) is 140 cm³/mol. The number of carbonyl (C=O) groups excluding carboxylic acids is 1. The Morgan fingerprint density at radius 2 is 1.91 bits per heavy atom. The molecule has 1 saturated heterocycles. The number of hydrogen-bond donors (Lipinski definition) is 2. The fraction of sp³-hybridized carbons (Fsp3) is 0.185. The molecule has 0 radical (unpaired) electrons. The lowest BCUT2D eigenvalue weighted by Gasteiger charge is -2.28. The first-order chi connectivity index (χ1) is 17.1. The maximum Gasteiger partial charge on any atom is 0.226 e. The van der Waals surface area contributed by atoms with Gasteiger partial charge in [0, 0.05) is 42.9 Å². The van der Waals surface area contributed by atoms with Crippen molar-refractivity contribution in [3.8, 4) is 5.69 Å². The average Bonchev–Trinajstić information content (AvgIpc) is 3.49. The quantitative estimate of drug-likeness (QED) is 0.376. The maximum atomic E-state index is 12.8. The van der Waals surface area contributed by atoms with Crippen molar-refractivity contribution in [2.24, 2.45) is 0 Å². The topological polar surface area (TPSA) is 75.1 Å². The van der Waals surface area contributed by atoms with Crippen LogP contribution in [0, 0.1) is 6.92 Å². The van der Waals surface area contributed by atoms with Crippen molar-refractivity contribution in [1.29, 1.82) is 0 Å². The normalized spacial score (nSPS) is 17.3. The van der Waals surface area contributed by atoms with Gasteiger partial charge in [-0.25, -0.2) is 0 Å². The van der Waals surface area contributed by atoms with E-state index in [0.717, 1.165) is 28.3 Å². The largest absolute Gasteiger partial charge is 0.352 e. The molecule has 1 fully saturated rings. The number of carbonyl (C=O) groups is 1. The number of rotatable bonds is 7. The van der Waals surface area contributed by atoms with Crippen LogP contribution < -0.4 is 10.6 Å². The van der Waals surface area contributed by atoms with Crippen LogP contribution in [-0.4, -0.2) is 37.0 Å². The monoisotopic (exact) mass is 482 g/mol. The number of benzene rings is 1. The van der Waals surface area contributed by atoms with Gasteiger partial charge in [0.2, 0.25) is 5.91 Å². The first kappa shape index (κ1) is 22.7. The van der Waals surface area contributed by atoms with Gasteiger partial charge in [-0.05, 0) is 67.7 Å². The molecule has 0 aliphatic carbocycles. The summed E-state index contributed by atoms with van der Waals surface area (Å²) in [4.78, 5) is 23.7. The van der Waals surface area contributed by atoms with Gasteiger partial charge >= 0.3 is 0 Å².